The van der Waals surface area contributed by atoms with E-state index in [0.29, 0.717) is 0 Å². The highest BCUT2D eigenvalue weighted by Gasteiger charge is 2.03. The van der Waals surface area contributed by atoms with Crippen molar-refractivity contribution >= 4 is 34.3 Å². The van der Waals surface area contributed by atoms with Crippen molar-refractivity contribution in [2.75, 3.05) is 12.0 Å². The van der Waals surface area contributed by atoms with Crippen molar-refractivity contribution in [3.63, 3.8) is 0 Å². The van der Waals surface area contributed by atoms with Crippen molar-refractivity contribution in [1.29, 1.82) is 0 Å². The fraction of sp³-hybridized carbons (Fsp3) is 0.333. The van der Waals surface area contributed by atoms with E-state index in [1.54, 1.807) is 0 Å². The monoisotopic (exact) mass is 239 g/mol. The van der Waals surface area contributed by atoms with Gasteiger partial charge in [-0.2, -0.15) is 11.8 Å². The molecule has 0 atom stereocenters. The normalized spacial score (nSPS) is 11.1. The zero-order chi connectivity index (χ0) is 10.7. The van der Waals surface area contributed by atoms with E-state index < -0.39 is 0 Å². The molecule has 1 aromatic heterocycles. The van der Waals surface area contributed by atoms with Gasteiger partial charge in [0.05, 0.1) is 10.5 Å². The van der Waals surface area contributed by atoms with Crippen LogP contribution in [0.1, 0.15) is 6.42 Å². The molecule has 0 aliphatic heterocycles. The molecule has 0 spiro atoms. The van der Waals surface area contributed by atoms with Gasteiger partial charge in [0.25, 0.3) is 0 Å². The van der Waals surface area contributed by atoms with E-state index >= 15 is 0 Å². The molecule has 0 N–H and O–H groups in total. The Hall–Kier alpha value is -0.600. The Labute approximate surface area is 99.4 Å². The number of aryl methyl sites for hydroxylation is 1. The molecule has 2 aromatic rings. The molecular formula is C12H14ClNS. The highest BCUT2D eigenvalue weighted by molar-refractivity contribution is 7.98. The summed E-state index contributed by atoms with van der Waals surface area (Å²) < 4.78 is 2.24. The Kier molecular flexibility index (Phi) is 3.60. The molecule has 0 amide bonds. The summed E-state index contributed by atoms with van der Waals surface area (Å²) in [7, 11) is 0. The predicted octanol–water partition coefficient (Wildman–Crippen LogP) is 4.05. The van der Waals surface area contributed by atoms with Crippen LogP contribution in [-0.4, -0.2) is 16.6 Å². The molecule has 1 aromatic carbocycles. The molecular weight excluding hydrogens is 226 g/mol. The zero-order valence-corrected chi connectivity index (χ0v) is 10.3. The molecule has 0 aliphatic carbocycles. The molecule has 0 saturated heterocycles. The molecule has 1 nitrogen and oxygen atoms in total. The largest absolute Gasteiger partial charge is 0.346 e. The average Bonchev–Trinajstić information content (AvgIpc) is 2.63. The molecule has 15 heavy (non-hydrogen) atoms. The van der Waals surface area contributed by atoms with Crippen molar-refractivity contribution in [1.82, 2.24) is 4.57 Å². The molecule has 0 bridgehead atoms. The maximum Gasteiger partial charge on any atom is 0.0669 e. The van der Waals surface area contributed by atoms with Crippen LogP contribution < -0.4 is 0 Å². The summed E-state index contributed by atoms with van der Waals surface area (Å²) in [4.78, 5) is 0. The van der Waals surface area contributed by atoms with Crippen LogP contribution in [0.5, 0.6) is 0 Å². The summed E-state index contributed by atoms with van der Waals surface area (Å²) in [6.07, 6.45) is 5.45. The molecule has 3 heteroatoms. The summed E-state index contributed by atoms with van der Waals surface area (Å²) in [5, 5.41) is 2.08. The first-order valence-corrected chi connectivity index (χ1v) is 6.82. The van der Waals surface area contributed by atoms with Gasteiger partial charge in [0.2, 0.25) is 0 Å². The van der Waals surface area contributed by atoms with E-state index in [1.165, 1.54) is 23.1 Å². The molecule has 80 valence electrons. The number of nitrogens with zero attached hydrogens (tertiary/aromatic N) is 1. The maximum atomic E-state index is 6.19. The third kappa shape index (κ3) is 2.32. The highest BCUT2D eigenvalue weighted by Crippen LogP contribution is 2.24. The SMILES string of the molecule is CSCCCn1ccc2cccc(Cl)c21. The lowest BCUT2D eigenvalue weighted by Crippen LogP contribution is -1.97. The fourth-order valence-electron chi connectivity index (χ4n) is 1.78. The molecule has 1 heterocycles. The van der Waals surface area contributed by atoms with Crippen molar-refractivity contribution in [2.24, 2.45) is 0 Å². The van der Waals surface area contributed by atoms with E-state index in [0.717, 1.165) is 11.6 Å². The number of aromatic nitrogens is 1. The van der Waals surface area contributed by atoms with Gasteiger partial charge < -0.3 is 4.57 Å². The lowest BCUT2D eigenvalue weighted by Gasteiger charge is -2.05. The van der Waals surface area contributed by atoms with Crippen molar-refractivity contribution in [3.05, 3.63) is 35.5 Å². The van der Waals surface area contributed by atoms with Crippen LogP contribution >= 0.6 is 23.4 Å². The minimum absolute atomic E-state index is 0.849. The van der Waals surface area contributed by atoms with Gasteiger partial charge in [0.15, 0.2) is 0 Å². The second kappa shape index (κ2) is 4.95. The van der Waals surface area contributed by atoms with Crippen LogP contribution in [0.4, 0.5) is 0 Å². The molecule has 0 saturated carbocycles. The standard InChI is InChI=1S/C12H14ClNS/c1-15-9-3-7-14-8-6-10-4-2-5-11(13)12(10)14/h2,4-6,8H,3,7,9H2,1H3. The van der Waals surface area contributed by atoms with Crippen LogP contribution in [0.2, 0.25) is 5.02 Å². The van der Waals surface area contributed by atoms with E-state index in [-0.39, 0.29) is 0 Å². The molecule has 0 aliphatic rings. The first-order valence-electron chi connectivity index (χ1n) is 5.05. The fourth-order valence-corrected chi connectivity index (χ4v) is 2.49. The van der Waals surface area contributed by atoms with Crippen LogP contribution in [-0.2, 0) is 6.54 Å². The summed E-state index contributed by atoms with van der Waals surface area (Å²) >= 11 is 8.08. The van der Waals surface area contributed by atoms with Crippen LogP contribution in [0.15, 0.2) is 30.5 Å². The number of halogens is 1. The van der Waals surface area contributed by atoms with Gasteiger partial charge in [-0.15, -0.1) is 0 Å². The highest BCUT2D eigenvalue weighted by atomic mass is 35.5. The predicted molar refractivity (Wildman–Crippen MR) is 69.9 cm³/mol. The second-order valence-electron chi connectivity index (χ2n) is 3.53. The summed E-state index contributed by atoms with van der Waals surface area (Å²) in [5.41, 5.74) is 1.17. The Balaban J connectivity index is 2.27. The minimum Gasteiger partial charge on any atom is -0.346 e. The number of thioether (sulfide) groups is 1. The second-order valence-corrected chi connectivity index (χ2v) is 4.93. The Morgan fingerprint density at radius 3 is 3.00 bits per heavy atom. The summed E-state index contributed by atoms with van der Waals surface area (Å²) in [5.74, 6) is 1.20. The molecule has 0 radical (unpaired) electrons. The topological polar surface area (TPSA) is 4.93 Å². The first-order chi connectivity index (χ1) is 7.33. The van der Waals surface area contributed by atoms with Crippen LogP contribution in [0, 0.1) is 0 Å². The third-order valence-electron chi connectivity index (χ3n) is 2.49. The van der Waals surface area contributed by atoms with Gasteiger partial charge >= 0.3 is 0 Å². The lowest BCUT2D eigenvalue weighted by molar-refractivity contribution is 0.709. The van der Waals surface area contributed by atoms with Crippen LogP contribution in [0.3, 0.4) is 0 Å². The number of hydrogen-bond acceptors (Lipinski definition) is 1. The number of fused-ring (bicyclic) bond motifs is 1. The van der Waals surface area contributed by atoms with Crippen molar-refractivity contribution < 1.29 is 0 Å². The van der Waals surface area contributed by atoms with Gasteiger partial charge in [-0.25, -0.2) is 0 Å². The number of para-hydroxylation sites is 1. The van der Waals surface area contributed by atoms with E-state index in [1.807, 2.05) is 23.9 Å². The summed E-state index contributed by atoms with van der Waals surface area (Å²) in [6.45, 7) is 1.05. The average molecular weight is 240 g/mol. The Bertz CT molecular complexity index is 450. The molecule has 0 unspecified atom stereocenters. The first kappa shape index (κ1) is 10.9. The van der Waals surface area contributed by atoms with E-state index in [2.05, 4.69) is 29.2 Å². The summed E-state index contributed by atoms with van der Waals surface area (Å²) in [6, 6.07) is 8.18. The van der Waals surface area contributed by atoms with Crippen molar-refractivity contribution in [3.8, 4) is 0 Å². The maximum absolute atomic E-state index is 6.19. The quantitative estimate of drug-likeness (QED) is 0.729. The van der Waals surface area contributed by atoms with Gasteiger partial charge in [-0.3, -0.25) is 0 Å². The Morgan fingerprint density at radius 2 is 2.20 bits per heavy atom. The number of hydrogen-bond donors (Lipinski definition) is 0. The van der Waals surface area contributed by atoms with Crippen molar-refractivity contribution in [2.45, 2.75) is 13.0 Å². The smallest absolute Gasteiger partial charge is 0.0669 e. The Morgan fingerprint density at radius 1 is 1.33 bits per heavy atom. The minimum atomic E-state index is 0.849. The van der Waals surface area contributed by atoms with Gasteiger partial charge in [0, 0.05) is 18.1 Å². The van der Waals surface area contributed by atoms with Gasteiger partial charge in [-0.05, 0) is 30.6 Å². The van der Waals surface area contributed by atoms with Gasteiger partial charge in [0.1, 0.15) is 0 Å². The van der Waals surface area contributed by atoms with Crippen LogP contribution in [0.25, 0.3) is 10.9 Å². The number of benzene rings is 1. The van der Waals surface area contributed by atoms with E-state index in [9.17, 15) is 0 Å². The number of rotatable bonds is 4. The third-order valence-corrected chi connectivity index (χ3v) is 3.49. The lowest BCUT2D eigenvalue weighted by atomic mass is 10.2. The molecule has 0 fully saturated rings. The van der Waals surface area contributed by atoms with Gasteiger partial charge in [-0.1, -0.05) is 23.7 Å². The molecule has 2 rings (SSSR count). The van der Waals surface area contributed by atoms with E-state index in [4.69, 9.17) is 11.6 Å². The zero-order valence-electron chi connectivity index (χ0n) is 8.74.